The number of aromatic nitrogens is 2. The number of aliphatic hydroxyl groups excluding tert-OH is 1. The van der Waals surface area contributed by atoms with E-state index >= 15 is 0 Å². The van der Waals surface area contributed by atoms with Gasteiger partial charge in [0.1, 0.15) is 12.0 Å². The van der Waals surface area contributed by atoms with Gasteiger partial charge >= 0.3 is 0 Å². The van der Waals surface area contributed by atoms with Gasteiger partial charge in [-0.3, -0.25) is 0 Å². The summed E-state index contributed by atoms with van der Waals surface area (Å²) in [5.74, 6) is 0.797. The molecule has 14 heavy (non-hydrogen) atoms. The molecule has 1 aromatic heterocycles. The maximum Gasteiger partial charge on any atom is 0.242 e. The van der Waals surface area contributed by atoms with Crippen molar-refractivity contribution in [2.24, 2.45) is 0 Å². The third-order valence-corrected chi connectivity index (χ3v) is 1.70. The summed E-state index contributed by atoms with van der Waals surface area (Å²) in [5.41, 5.74) is 6.05. The Bertz CT molecular complexity index is 305. The first kappa shape index (κ1) is 10.5. The predicted octanol–water partition coefficient (Wildman–Crippen LogP) is -0.140. The van der Waals surface area contributed by atoms with Gasteiger partial charge in [-0.25, -0.2) is 4.98 Å². The van der Waals surface area contributed by atoms with Crippen LogP contribution < -0.4 is 15.8 Å². The molecule has 6 nitrogen and oxygen atoms in total. The van der Waals surface area contributed by atoms with Crippen LogP contribution in [0.2, 0.25) is 0 Å². The Labute approximate surface area is 82.1 Å². The van der Waals surface area contributed by atoms with Gasteiger partial charge in [-0.15, -0.1) is 0 Å². The first-order chi connectivity index (χ1) is 6.69. The van der Waals surface area contributed by atoms with E-state index in [1.165, 1.54) is 13.4 Å². The zero-order chi connectivity index (χ0) is 10.6. The summed E-state index contributed by atoms with van der Waals surface area (Å²) in [7, 11) is 1.48. The number of methoxy groups -OCH3 is 1. The number of rotatable bonds is 4. The third-order valence-electron chi connectivity index (χ3n) is 1.70. The highest BCUT2D eigenvalue weighted by Gasteiger charge is 2.09. The predicted molar refractivity (Wildman–Crippen MR) is 53.2 cm³/mol. The van der Waals surface area contributed by atoms with Gasteiger partial charge in [-0.1, -0.05) is 0 Å². The molecule has 1 heterocycles. The second-order valence-corrected chi connectivity index (χ2v) is 2.87. The first-order valence-corrected chi connectivity index (χ1v) is 4.21. The van der Waals surface area contributed by atoms with Crippen molar-refractivity contribution in [1.82, 2.24) is 9.97 Å². The van der Waals surface area contributed by atoms with Crippen LogP contribution in [0.15, 0.2) is 6.33 Å². The molecule has 0 amide bonds. The Morgan fingerprint density at radius 3 is 2.93 bits per heavy atom. The van der Waals surface area contributed by atoms with Crippen molar-refractivity contribution in [3.63, 3.8) is 0 Å². The average Bonchev–Trinajstić information content (AvgIpc) is 2.21. The maximum absolute atomic E-state index is 8.84. The lowest BCUT2D eigenvalue weighted by Crippen LogP contribution is -2.21. The fraction of sp³-hybridized carbons (Fsp3) is 0.500. The highest BCUT2D eigenvalue weighted by Crippen LogP contribution is 2.24. The van der Waals surface area contributed by atoms with Gasteiger partial charge in [0.25, 0.3) is 0 Å². The zero-order valence-corrected chi connectivity index (χ0v) is 8.19. The molecule has 4 N–H and O–H groups in total. The summed E-state index contributed by atoms with van der Waals surface area (Å²) in [5, 5.41) is 11.8. The van der Waals surface area contributed by atoms with Crippen LogP contribution in [0.1, 0.15) is 6.92 Å². The standard InChI is InChI=1S/C8H14N4O2/c1-5(3-13)12-7-6(9)8(14-2)11-4-10-7/h4-5,13H,3,9H2,1-2H3,(H,10,11,12). The number of nitrogens with one attached hydrogen (secondary N) is 1. The second-order valence-electron chi connectivity index (χ2n) is 2.87. The number of nitrogens with zero attached hydrogens (tertiary/aromatic N) is 2. The molecule has 0 aliphatic rings. The normalized spacial score (nSPS) is 12.2. The van der Waals surface area contributed by atoms with Gasteiger partial charge in [0.2, 0.25) is 5.88 Å². The Kier molecular flexibility index (Phi) is 3.47. The van der Waals surface area contributed by atoms with Crippen LogP contribution in [-0.2, 0) is 0 Å². The lowest BCUT2D eigenvalue weighted by atomic mass is 10.3. The van der Waals surface area contributed by atoms with Crippen LogP contribution in [-0.4, -0.2) is 34.8 Å². The van der Waals surface area contributed by atoms with Crippen LogP contribution in [0, 0.1) is 0 Å². The van der Waals surface area contributed by atoms with Crippen molar-refractivity contribution >= 4 is 11.5 Å². The summed E-state index contributed by atoms with van der Waals surface area (Å²) in [6, 6.07) is -0.114. The second kappa shape index (κ2) is 4.61. The number of anilines is 2. The Morgan fingerprint density at radius 2 is 2.36 bits per heavy atom. The molecule has 0 saturated heterocycles. The number of aliphatic hydroxyl groups is 1. The molecular weight excluding hydrogens is 184 g/mol. The third kappa shape index (κ3) is 2.23. The van der Waals surface area contributed by atoms with E-state index in [4.69, 9.17) is 15.6 Å². The summed E-state index contributed by atoms with van der Waals surface area (Å²) >= 11 is 0. The fourth-order valence-corrected chi connectivity index (χ4v) is 0.936. The Hall–Kier alpha value is -1.56. The first-order valence-electron chi connectivity index (χ1n) is 4.21. The molecule has 0 aliphatic heterocycles. The molecule has 1 aromatic rings. The molecule has 0 saturated carbocycles. The van der Waals surface area contributed by atoms with E-state index in [0.717, 1.165) is 0 Å². The van der Waals surface area contributed by atoms with Gasteiger partial charge < -0.3 is 20.9 Å². The summed E-state index contributed by atoms with van der Waals surface area (Å²) in [6.45, 7) is 1.82. The lowest BCUT2D eigenvalue weighted by Gasteiger charge is -2.13. The average molecular weight is 198 g/mol. The van der Waals surface area contributed by atoms with E-state index in [-0.39, 0.29) is 12.6 Å². The van der Waals surface area contributed by atoms with Crippen molar-refractivity contribution < 1.29 is 9.84 Å². The van der Waals surface area contributed by atoms with Crippen LogP contribution in [0.5, 0.6) is 5.88 Å². The van der Waals surface area contributed by atoms with E-state index in [0.29, 0.717) is 17.4 Å². The van der Waals surface area contributed by atoms with E-state index < -0.39 is 0 Å². The minimum Gasteiger partial charge on any atom is -0.479 e. The molecule has 78 valence electrons. The van der Waals surface area contributed by atoms with E-state index in [1.54, 1.807) is 0 Å². The molecule has 0 bridgehead atoms. The number of hydrogen-bond donors (Lipinski definition) is 3. The molecule has 1 atom stereocenters. The summed E-state index contributed by atoms with van der Waals surface area (Å²) in [6.07, 6.45) is 1.35. The minimum atomic E-state index is -0.114. The Morgan fingerprint density at radius 1 is 1.64 bits per heavy atom. The van der Waals surface area contributed by atoms with Crippen molar-refractivity contribution in [3.05, 3.63) is 6.33 Å². The molecule has 0 aliphatic carbocycles. The highest BCUT2D eigenvalue weighted by molar-refractivity contribution is 5.66. The zero-order valence-electron chi connectivity index (χ0n) is 8.19. The minimum absolute atomic E-state index is 0.00571. The van der Waals surface area contributed by atoms with Gasteiger partial charge in [0.05, 0.1) is 13.7 Å². The number of nitrogens with two attached hydrogens (primary N) is 1. The molecule has 0 radical (unpaired) electrons. The summed E-state index contributed by atoms with van der Waals surface area (Å²) in [4.78, 5) is 7.77. The molecule has 1 unspecified atom stereocenters. The number of hydrogen-bond acceptors (Lipinski definition) is 6. The van der Waals surface area contributed by atoms with Crippen molar-refractivity contribution in [3.8, 4) is 5.88 Å². The number of ether oxygens (including phenoxy) is 1. The van der Waals surface area contributed by atoms with Gasteiger partial charge in [-0.05, 0) is 6.92 Å². The van der Waals surface area contributed by atoms with Crippen molar-refractivity contribution in [1.29, 1.82) is 0 Å². The number of nitrogen functional groups attached to an aromatic ring is 1. The molecule has 0 spiro atoms. The highest BCUT2D eigenvalue weighted by atomic mass is 16.5. The Balaban J connectivity index is 2.86. The fourth-order valence-electron chi connectivity index (χ4n) is 0.936. The largest absolute Gasteiger partial charge is 0.479 e. The van der Waals surface area contributed by atoms with Gasteiger partial charge in [-0.2, -0.15) is 4.98 Å². The quantitative estimate of drug-likeness (QED) is 0.623. The van der Waals surface area contributed by atoms with Crippen LogP contribution in [0.3, 0.4) is 0 Å². The van der Waals surface area contributed by atoms with Crippen LogP contribution >= 0.6 is 0 Å². The van der Waals surface area contributed by atoms with Gasteiger partial charge in [0.15, 0.2) is 5.82 Å². The van der Waals surface area contributed by atoms with E-state index in [2.05, 4.69) is 15.3 Å². The molecule has 6 heteroatoms. The van der Waals surface area contributed by atoms with E-state index in [9.17, 15) is 0 Å². The van der Waals surface area contributed by atoms with Gasteiger partial charge in [0, 0.05) is 6.04 Å². The topological polar surface area (TPSA) is 93.3 Å². The molecule has 1 rings (SSSR count). The molecule has 0 aromatic carbocycles. The summed E-state index contributed by atoms with van der Waals surface area (Å²) < 4.78 is 4.92. The molecular formula is C8H14N4O2. The monoisotopic (exact) mass is 198 g/mol. The van der Waals surface area contributed by atoms with Crippen molar-refractivity contribution in [2.45, 2.75) is 13.0 Å². The van der Waals surface area contributed by atoms with Crippen molar-refractivity contribution in [2.75, 3.05) is 24.8 Å². The molecule has 0 fully saturated rings. The van der Waals surface area contributed by atoms with Crippen LogP contribution in [0.4, 0.5) is 11.5 Å². The maximum atomic E-state index is 8.84. The van der Waals surface area contributed by atoms with E-state index in [1.807, 2.05) is 6.92 Å². The smallest absolute Gasteiger partial charge is 0.242 e. The van der Waals surface area contributed by atoms with Crippen LogP contribution in [0.25, 0.3) is 0 Å². The SMILES string of the molecule is COc1ncnc(NC(C)CO)c1N. The lowest BCUT2D eigenvalue weighted by molar-refractivity contribution is 0.281.